The van der Waals surface area contributed by atoms with Gasteiger partial charge >= 0.3 is 5.92 Å². The fourth-order valence-electron chi connectivity index (χ4n) is 2.72. The van der Waals surface area contributed by atoms with Crippen molar-refractivity contribution in [2.45, 2.75) is 33.2 Å². The van der Waals surface area contributed by atoms with E-state index in [0.717, 1.165) is 24.2 Å². The molecule has 0 N–H and O–H groups in total. The lowest BCUT2D eigenvalue weighted by molar-refractivity contribution is -0.141. The third-order valence-electron chi connectivity index (χ3n) is 4.22. The van der Waals surface area contributed by atoms with Gasteiger partial charge < -0.3 is 0 Å². The molecule has 0 aliphatic heterocycles. The summed E-state index contributed by atoms with van der Waals surface area (Å²) in [6.45, 7) is 4.87. The molecule has 4 nitrogen and oxygen atoms in total. The molecule has 0 saturated heterocycles. The van der Waals surface area contributed by atoms with Gasteiger partial charge in [0.05, 0.1) is 17.8 Å². The molecule has 3 aromatic rings. The molecule has 0 fully saturated rings. The number of hydrogen-bond donors (Lipinski definition) is 0. The minimum atomic E-state index is -3.58. The monoisotopic (exact) mass is 363 g/mol. The van der Waals surface area contributed by atoms with Crippen LogP contribution in [0, 0.1) is 13.8 Å². The van der Waals surface area contributed by atoms with Crippen LogP contribution in [0.2, 0.25) is 5.02 Å². The number of nitrogens with zero attached hydrogens (tertiary/aromatic N) is 3. The number of ketones is 1. The van der Waals surface area contributed by atoms with E-state index in [0.29, 0.717) is 28.3 Å². The van der Waals surface area contributed by atoms with Gasteiger partial charge in [0.1, 0.15) is 5.52 Å². The number of Topliss-reactive ketones (excluding diaryl/α,β-unsaturated/α-hetero) is 1. The van der Waals surface area contributed by atoms with Crippen molar-refractivity contribution in [3.8, 4) is 0 Å². The summed E-state index contributed by atoms with van der Waals surface area (Å²) in [6.07, 6.45) is 1.03. The van der Waals surface area contributed by atoms with Crippen LogP contribution >= 0.6 is 11.6 Å². The highest BCUT2D eigenvalue weighted by molar-refractivity contribution is 6.31. The Morgan fingerprint density at radius 2 is 2.04 bits per heavy atom. The highest BCUT2D eigenvalue weighted by Gasteiger charge is 2.38. The number of rotatable bonds is 4. The molecule has 0 saturated carbocycles. The lowest BCUT2D eigenvalue weighted by atomic mass is 10.1. The SMILES string of the molecule is CC(=O)C(F)(F)c1cnc2c(C)nn(Cc3c(C)cccc3Cl)c2c1. The van der Waals surface area contributed by atoms with Crippen molar-refractivity contribution >= 4 is 28.4 Å². The smallest absolute Gasteiger partial charge is 0.293 e. The van der Waals surface area contributed by atoms with Crippen molar-refractivity contribution in [3.05, 3.63) is 57.9 Å². The van der Waals surface area contributed by atoms with Gasteiger partial charge in [0.15, 0.2) is 0 Å². The van der Waals surface area contributed by atoms with Crippen molar-refractivity contribution in [3.63, 3.8) is 0 Å². The summed E-state index contributed by atoms with van der Waals surface area (Å²) in [5.41, 5.74) is 2.98. The number of hydrogen-bond acceptors (Lipinski definition) is 3. The number of aryl methyl sites for hydroxylation is 2. The average molecular weight is 364 g/mol. The largest absolute Gasteiger partial charge is 0.331 e. The summed E-state index contributed by atoms with van der Waals surface area (Å²) in [5, 5.41) is 4.98. The second-order valence-electron chi connectivity index (χ2n) is 6.00. The van der Waals surface area contributed by atoms with Gasteiger partial charge in [0.25, 0.3) is 0 Å². The molecule has 2 heterocycles. The third kappa shape index (κ3) is 3.02. The van der Waals surface area contributed by atoms with Crippen LogP contribution in [0.25, 0.3) is 11.0 Å². The van der Waals surface area contributed by atoms with Crippen LogP contribution < -0.4 is 0 Å². The fraction of sp³-hybridized carbons (Fsp3) is 0.278. The van der Waals surface area contributed by atoms with E-state index in [-0.39, 0.29) is 0 Å². The van der Waals surface area contributed by atoms with E-state index in [1.165, 1.54) is 6.07 Å². The predicted octanol–water partition coefficient (Wildman–Crippen LogP) is 4.43. The van der Waals surface area contributed by atoms with Gasteiger partial charge in [-0.3, -0.25) is 14.5 Å². The number of aromatic nitrogens is 3. The van der Waals surface area contributed by atoms with E-state index in [1.807, 2.05) is 19.1 Å². The van der Waals surface area contributed by atoms with Crippen molar-refractivity contribution in [2.75, 3.05) is 0 Å². The van der Waals surface area contributed by atoms with Crippen LogP contribution in [0.3, 0.4) is 0 Å². The maximum atomic E-state index is 14.1. The Morgan fingerprint density at radius 3 is 2.68 bits per heavy atom. The predicted molar refractivity (Wildman–Crippen MR) is 92.1 cm³/mol. The highest BCUT2D eigenvalue weighted by Crippen LogP contribution is 2.31. The molecule has 0 bridgehead atoms. The van der Waals surface area contributed by atoms with Gasteiger partial charge in [-0.25, -0.2) is 0 Å². The molecule has 0 spiro atoms. The maximum absolute atomic E-state index is 14.1. The molecule has 130 valence electrons. The number of carbonyl (C=O) groups is 1. The second-order valence-corrected chi connectivity index (χ2v) is 6.41. The molecule has 0 amide bonds. The average Bonchev–Trinajstić information content (AvgIpc) is 2.86. The van der Waals surface area contributed by atoms with Crippen LogP contribution in [0.1, 0.15) is 29.3 Å². The zero-order chi connectivity index (χ0) is 18.4. The number of pyridine rings is 1. The minimum Gasteiger partial charge on any atom is -0.293 e. The summed E-state index contributed by atoms with van der Waals surface area (Å²) in [6, 6.07) is 6.82. The summed E-state index contributed by atoms with van der Waals surface area (Å²) >= 11 is 6.26. The Morgan fingerprint density at radius 1 is 1.32 bits per heavy atom. The summed E-state index contributed by atoms with van der Waals surface area (Å²) in [4.78, 5) is 15.3. The first-order valence-corrected chi connectivity index (χ1v) is 8.06. The Labute approximate surface area is 148 Å². The second kappa shape index (κ2) is 6.19. The maximum Gasteiger partial charge on any atom is 0.331 e. The van der Waals surface area contributed by atoms with Crippen molar-refractivity contribution in [1.29, 1.82) is 0 Å². The number of alkyl halides is 2. The van der Waals surface area contributed by atoms with Crippen LogP contribution in [0.4, 0.5) is 8.78 Å². The molecule has 1 aromatic carbocycles. The van der Waals surface area contributed by atoms with Crippen LogP contribution in [0.15, 0.2) is 30.5 Å². The van der Waals surface area contributed by atoms with Crippen molar-refractivity contribution in [2.24, 2.45) is 0 Å². The van der Waals surface area contributed by atoms with Gasteiger partial charge in [-0.15, -0.1) is 0 Å². The van der Waals surface area contributed by atoms with Crippen molar-refractivity contribution < 1.29 is 13.6 Å². The standard InChI is InChI=1S/C18H16ClF2N3O/c1-10-5-4-6-15(19)14(10)9-24-16-7-13(18(20,21)12(3)25)8-22-17(16)11(2)23-24/h4-8H,9H2,1-3H3. The Kier molecular flexibility index (Phi) is 4.33. The van der Waals surface area contributed by atoms with Gasteiger partial charge in [-0.1, -0.05) is 23.7 Å². The van der Waals surface area contributed by atoms with Gasteiger partial charge in [0.2, 0.25) is 5.78 Å². The zero-order valence-electron chi connectivity index (χ0n) is 14.0. The number of halogens is 3. The molecule has 2 aromatic heterocycles. The number of fused-ring (bicyclic) bond motifs is 1. The Balaban J connectivity index is 2.14. The lowest BCUT2D eigenvalue weighted by Gasteiger charge is -2.13. The number of benzene rings is 1. The molecule has 7 heteroatoms. The highest BCUT2D eigenvalue weighted by atomic mass is 35.5. The van der Waals surface area contributed by atoms with Gasteiger partial charge in [-0.2, -0.15) is 13.9 Å². The molecule has 0 aliphatic rings. The van der Waals surface area contributed by atoms with Gasteiger partial charge in [-0.05, 0) is 37.1 Å². The molecule has 0 radical (unpaired) electrons. The van der Waals surface area contributed by atoms with E-state index >= 15 is 0 Å². The first-order valence-electron chi connectivity index (χ1n) is 7.68. The summed E-state index contributed by atoms with van der Waals surface area (Å²) < 4.78 is 29.7. The summed E-state index contributed by atoms with van der Waals surface area (Å²) in [5.74, 6) is -4.80. The first-order chi connectivity index (χ1) is 11.7. The molecule has 0 atom stereocenters. The zero-order valence-corrected chi connectivity index (χ0v) is 14.7. The van der Waals surface area contributed by atoms with Crippen LogP contribution in [-0.4, -0.2) is 20.5 Å². The van der Waals surface area contributed by atoms with E-state index in [2.05, 4.69) is 10.1 Å². The van der Waals surface area contributed by atoms with Gasteiger partial charge in [0, 0.05) is 23.7 Å². The molecule has 0 aliphatic carbocycles. The molecule has 3 rings (SSSR count). The Bertz CT molecular complexity index is 962. The van der Waals surface area contributed by atoms with E-state index in [9.17, 15) is 13.6 Å². The molecular formula is C18H16ClF2N3O. The Hall–Kier alpha value is -2.34. The quantitative estimate of drug-likeness (QED) is 0.689. The first kappa shape index (κ1) is 17.5. The van der Waals surface area contributed by atoms with Crippen LogP contribution in [0.5, 0.6) is 0 Å². The van der Waals surface area contributed by atoms with Crippen molar-refractivity contribution in [1.82, 2.24) is 14.8 Å². The van der Waals surface area contributed by atoms with Crippen LogP contribution in [-0.2, 0) is 17.3 Å². The molecule has 0 unspecified atom stereocenters. The number of carbonyl (C=O) groups excluding carboxylic acids is 1. The van der Waals surface area contributed by atoms with E-state index in [4.69, 9.17) is 11.6 Å². The third-order valence-corrected chi connectivity index (χ3v) is 4.58. The normalized spacial score (nSPS) is 11.9. The summed E-state index contributed by atoms with van der Waals surface area (Å²) in [7, 11) is 0. The minimum absolute atomic E-state index is 0.326. The topological polar surface area (TPSA) is 47.8 Å². The van der Waals surface area contributed by atoms with E-state index < -0.39 is 17.3 Å². The van der Waals surface area contributed by atoms with E-state index in [1.54, 1.807) is 17.7 Å². The fourth-order valence-corrected chi connectivity index (χ4v) is 3.00. The molecular weight excluding hydrogens is 348 g/mol. The molecule has 25 heavy (non-hydrogen) atoms. The lowest BCUT2D eigenvalue weighted by Crippen LogP contribution is -2.23.